The Hall–Kier alpha value is -6.36. The van der Waals surface area contributed by atoms with Crippen LogP contribution in [0, 0.1) is 0 Å². The lowest BCUT2D eigenvalue weighted by Gasteiger charge is -2.16. The van der Waals surface area contributed by atoms with E-state index >= 15 is 0 Å². The van der Waals surface area contributed by atoms with Crippen molar-refractivity contribution in [3.05, 3.63) is 125 Å². The minimum absolute atomic E-state index is 0.198. The number of hydrogen-bond acceptors (Lipinski definition) is 12. The highest BCUT2D eigenvalue weighted by Gasteiger charge is 2.17. The molecule has 0 saturated carbocycles. The molecule has 2 amide bonds. The van der Waals surface area contributed by atoms with Gasteiger partial charge in [0, 0.05) is 71.1 Å². The molecule has 288 valence electrons. The van der Waals surface area contributed by atoms with Crippen molar-refractivity contribution in [1.82, 2.24) is 30.6 Å². The number of phenols is 2. The van der Waals surface area contributed by atoms with E-state index in [9.17, 15) is 19.8 Å². The minimum atomic E-state index is -1.55. The second-order valence-electron chi connectivity index (χ2n) is 12.0. The fraction of sp³-hybridized carbons (Fsp3) is 0.150. The number of nitrogen functional groups attached to an aromatic ring is 2. The number of aromatic nitrogens is 4. The van der Waals surface area contributed by atoms with Gasteiger partial charge in [-0.15, -0.1) is 0 Å². The van der Waals surface area contributed by atoms with Gasteiger partial charge in [-0.25, -0.2) is 9.97 Å². The molecular formula is C40H42BBrN8O6. The number of hydrogen-bond donors (Lipinski definition) is 8. The topological polar surface area (TPSA) is 243 Å². The van der Waals surface area contributed by atoms with E-state index in [1.165, 1.54) is 25.4 Å². The molecule has 0 aliphatic heterocycles. The van der Waals surface area contributed by atoms with Crippen LogP contribution in [0.4, 0.5) is 11.6 Å². The summed E-state index contributed by atoms with van der Waals surface area (Å²) in [5.41, 5.74) is 20.5. The minimum Gasteiger partial charge on any atom is -0.508 e. The van der Waals surface area contributed by atoms with E-state index in [1.807, 2.05) is 30.3 Å². The Labute approximate surface area is 333 Å². The Bertz CT molecular complexity index is 2260. The van der Waals surface area contributed by atoms with Gasteiger partial charge in [-0.05, 0) is 87.4 Å². The maximum absolute atomic E-state index is 11.7. The third kappa shape index (κ3) is 10.4. The summed E-state index contributed by atoms with van der Waals surface area (Å²) in [6.07, 6.45) is 7.97. The van der Waals surface area contributed by atoms with Gasteiger partial charge in [0.1, 0.15) is 34.5 Å². The molecule has 0 aliphatic carbocycles. The summed E-state index contributed by atoms with van der Waals surface area (Å²) in [5, 5.41) is 41.2. The zero-order chi connectivity index (χ0) is 40.9. The summed E-state index contributed by atoms with van der Waals surface area (Å²) in [5.74, 6) is 0.852. The molecule has 4 aromatic heterocycles. The van der Waals surface area contributed by atoms with E-state index in [-0.39, 0.29) is 34.5 Å². The van der Waals surface area contributed by atoms with Gasteiger partial charge < -0.3 is 42.4 Å². The highest BCUT2D eigenvalue weighted by Crippen LogP contribution is 2.36. The smallest absolute Gasteiger partial charge is 0.490 e. The molecule has 56 heavy (non-hydrogen) atoms. The van der Waals surface area contributed by atoms with Gasteiger partial charge in [0.2, 0.25) is 0 Å². The van der Waals surface area contributed by atoms with Crippen molar-refractivity contribution in [3.8, 4) is 44.9 Å². The molecule has 6 aromatic rings. The average molecular weight is 822 g/mol. The van der Waals surface area contributed by atoms with Crippen LogP contribution in [0.15, 0.2) is 102 Å². The van der Waals surface area contributed by atoms with E-state index in [1.54, 1.807) is 56.0 Å². The first-order valence-corrected chi connectivity index (χ1v) is 18.1. The standard InChI is InChI=1S/C20H20N4O2.C13H13BrN2O.C7H9BN2O3/c1-3-15-16(13-6-9-17(23-10-13)20(26)22-2)11-24-19(21)18(15)12-4-7-14(25)8-5-12;1-2-10-11(14)7-16-13(15)12(10)8-3-5-9(17)6-4-8;1-9-7(11)6-3-2-5(4-10-6)8(12)13/h4-11,25H,3H2,1-2H3,(H2,21,24)(H,22,26);3-7,17H,2H2,1H3,(H2,15,16);2-4,12-13H,1H3,(H,9,11). The number of nitrogens with zero attached hydrogens (tertiary/aromatic N) is 4. The Morgan fingerprint density at radius 3 is 1.48 bits per heavy atom. The summed E-state index contributed by atoms with van der Waals surface area (Å²) >= 11 is 3.49. The number of nitrogens with two attached hydrogens (primary N) is 2. The summed E-state index contributed by atoms with van der Waals surface area (Å²) < 4.78 is 0.956. The van der Waals surface area contributed by atoms with Crippen LogP contribution < -0.4 is 27.6 Å². The number of nitrogens with one attached hydrogen (secondary N) is 2. The number of pyridine rings is 4. The molecule has 10 N–H and O–H groups in total. The van der Waals surface area contributed by atoms with Gasteiger partial charge in [0.05, 0.1) is 0 Å². The van der Waals surface area contributed by atoms with E-state index in [4.69, 9.17) is 21.5 Å². The number of aromatic hydroxyl groups is 2. The van der Waals surface area contributed by atoms with Crippen molar-refractivity contribution < 1.29 is 29.9 Å². The van der Waals surface area contributed by atoms with E-state index < -0.39 is 7.12 Å². The van der Waals surface area contributed by atoms with Crippen LogP contribution in [0.1, 0.15) is 46.0 Å². The Morgan fingerprint density at radius 2 is 1.07 bits per heavy atom. The summed E-state index contributed by atoms with van der Waals surface area (Å²) in [6, 6.07) is 20.3. The molecule has 16 heteroatoms. The first kappa shape index (κ1) is 42.4. The van der Waals surface area contributed by atoms with Crippen LogP contribution in [-0.4, -0.2) is 73.2 Å². The summed E-state index contributed by atoms with van der Waals surface area (Å²) in [4.78, 5) is 39.1. The van der Waals surface area contributed by atoms with Crippen molar-refractivity contribution in [2.75, 3.05) is 25.6 Å². The van der Waals surface area contributed by atoms with Gasteiger partial charge >= 0.3 is 7.12 Å². The molecule has 0 atom stereocenters. The number of rotatable bonds is 8. The number of phenolic OH excluding ortho intramolecular Hbond substituents is 2. The first-order valence-electron chi connectivity index (χ1n) is 17.3. The van der Waals surface area contributed by atoms with Gasteiger partial charge in [0.15, 0.2) is 0 Å². The van der Waals surface area contributed by atoms with Crippen LogP contribution in [-0.2, 0) is 12.8 Å². The molecular weight excluding hydrogens is 779 g/mol. The molecule has 4 heterocycles. The van der Waals surface area contributed by atoms with Crippen LogP contribution in [0.5, 0.6) is 11.5 Å². The second-order valence-corrected chi connectivity index (χ2v) is 12.9. The van der Waals surface area contributed by atoms with Crippen molar-refractivity contribution in [1.29, 1.82) is 0 Å². The van der Waals surface area contributed by atoms with Gasteiger partial charge in [0.25, 0.3) is 11.8 Å². The van der Waals surface area contributed by atoms with E-state index in [0.717, 1.165) is 61.8 Å². The van der Waals surface area contributed by atoms with Gasteiger partial charge in [-0.2, -0.15) is 0 Å². The Morgan fingerprint density at radius 1 is 0.625 bits per heavy atom. The Balaban J connectivity index is 0.000000200. The fourth-order valence-corrected chi connectivity index (χ4v) is 6.19. The average Bonchev–Trinajstić information content (AvgIpc) is 3.22. The normalized spacial score (nSPS) is 10.3. The van der Waals surface area contributed by atoms with Gasteiger partial charge in [-0.3, -0.25) is 19.6 Å². The third-order valence-electron chi connectivity index (χ3n) is 8.48. The number of amides is 2. The van der Waals surface area contributed by atoms with E-state index in [0.29, 0.717) is 17.3 Å². The lowest BCUT2D eigenvalue weighted by molar-refractivity contribution is 0.0950. The Kier molecular flexibility index (Phi) is 15.0. The number of anilines is 2. The predicted octanol–water partition coefficient (Wildman–Crippen LogP) is 4.50. The summed E-state index contributed by atoms with van der Waals surface area (Å²) in [7, 11) is 1.52. The van der Waals surface area contributed by atoms with Crippen molar-refractivity contribution in [2.45, 2.75) is 26.7 Å². The van der Waals surface area contributed by atoms with Crippen LogP contribution in [0.2, 0.25) is 0 Å². The monoisotopic (exact) mass is 820 g/mol. The molecule has 0 radical (unpaired) electrons. The predicted molar refractivity (Wildman–Crippen MR) is 222 cm³/mol. The van der Waals surface area contributed by atoms with Crippen LogP contribution in [0.25, 0.3) is 33.4 Å². The van der Waals surface area contributed by atoms with E-state index in [2.05, 4.69) is 60.3 Å². The maximum Gasteiger partial charge on any atom is 0.490 e. The van der Waals surface area contributed by atoms with Crippen molar-refractivity contribution in [3.63, 3.8) is 0 Å². The number of benzene rings is 2. The lowest BCUT2D eigenvalue weighted by atomic mass is 9.82. The molecule has 0 bridgehead atoms. The molecule has 14 nitrogen and oxygen atoms in total. The first-order chi connectivity index (χ1) is 26.8. The van der Waals surface area contributed by atoms with Crippen molar-refractivity contribution in [2.24, 2.45) is 0 Å². The SMILES string of the molecule is CCc1c(-c2ccc(C(=O)NC)nc2)cnc(N)c1-c1ccc(O)cc1.CCc1c(Br)cnc(N)c1-c1ccc(O)cc1.CNC(=O)c1ccc(B(O)O)cn1. The number of carbonyl (C=O) groups is 2. The van der Waals surface area contributed by atoms with Crippen molar-refractivity contribution >= 4 is 52.0 Å². The second kappa shape index (κ2) is 19.8. The fourth-order valence-electron chi connectivity index (χ4n) is 5.61. The molecule has 0 saturated heterocycles. The zero-order valence-electron chi connectivity index (χ0n) is 31.2. The summed E-state index contributed by atoms with van der Waals surface area (Å²) in [6.45, 7) is 4.12. The molecule has 0 unspecified atom stereocenters. The quantitative estimate of drug-likeness (QED) is 0.0990. The zero-order valence-corrected chi connectivity index (χ0v) is 32.7. The molecule has 0 spiro atoms. The third-order valence-corrected chi connectivity index (χ3v) is 9.16. The number of carbonyl (C=O) groups excluding carboxylic acids is 2. The maximum atomic E-state index is 11.7. The lowest BCUT2D eigenvalue weighted by Crippen LogP contribution is -2.31. The molecule has 0 aliphatic rings. The van der Waals surface area contributed by atoms with Gasteiger partial charge in [-0.1, -0.05) is 50.2 Å². The largest absolute Gasteiger partial charge is 0.508 e. The highest BCUT2D eigenvalue weighted by molar-refractivity contribution is 9.10. The van der Waals surface area contributed by atoms with Crippen LogP contribution >= 0.6 is 15.9 Å². The highest BCUT2D eigenvalue weighted by atomic mass is 79.9. The molecule has 2 aromatic carbocycles. The number of halogens is 1. The van der Waals surface area contributed by atoms with Crippen LogP contribution in [0.3, 0.4) is 0 Å². The molecule has 0 fully saturated rings. The molecule has 6 rings (SSSR count).